The first kappa shape index (κ1) is 24.4. The first-order chi connectivity index (χ1) is 16.1. The zero-order valence-corrected chi connectivity index (χ0v) is 19.0. The molecule has 0 aliphatic heterocycles. The van der Waals surface area contributed by atoms with Gasteiger partial charge in [0.05, 0.1) is 32.5 Å². The molecule has 0 radical (unpaired) electrons. The van der Waals surface area contributed by atoms with E-state index in [1.165, 1.54) is 36.5 Å². The lowest BCUT2D eigenvalue weighted by molar-refractivity contribution is -0.385. The fourth-order valence-corrected chi connectivity index (χ4v) is 4.35. The van der Waals surface area contributed by atoms with Crippen LogP contribution in [0.3, 0.4) is 0 Å². The Morgan fingerprint density at radius 1 is 0.941 bits per heavy atom. The van der Waals surface area contributed by atoms with Crippen LogP contribution < -0.4 is 15.5 Å². The van der Waals surface area contributed by atoms with E-state index in [4.69, 9.17) is 11.6 Å². The van der Waals surface area contributed by atoms with Crippen LogP contribution in [0.5, 0.6) is 0 Å². The molecule has 0 aromatic heterocycles. The Kier molecular flexibility index (Phi) is 7.28. The maximum atomic E-state index is 13.0. The van der Waals surface area contributed by atoms with Crippen LogP contribution in [0.25, 0.3) is 0 Å². The Labute approximate surface area is 198 Å². The van der Waals surface area contributed by atoms with Crippen LogP contribution in [-0.4, -0.2) is 31.5 Å². The van der Waals surface area contributed by atoms with Gasteiger partial charge in [-0.3, -0.25) is 30.4 Å². The molecule has 0 heterocycles. The molecule has 0 unspecified atom stereocenters. The van der Waals surface area contributed by atoms with E-state index in [-0.39, 0.29) is 22.1 Å². The SMILES string of the molecule is CNc1ccc(/C=N/Nc2ccc([N+](=O)[O-])cc2S(=O)(=O)Nc2ccccc2Cl)cc1[N+](=O)[O-]. The first-order valence-electron chi connectivity index (χ1n) is 9.43. The molecule has 0 saturated heterocycles. The summed E-state index contributed by atoms with van der Waals surface area (Å²) in [6, 6.07) is 13.6. The molecule has 3 N–H and O–H groups in total. The Morgan fingerprint density at radius 3 is 2.29 bits per heavy atom. The molecular weight excluding hydrogens is 488 g/mol. The second-order valence-electron chi connectivity index (χ2n) is 6.68. The van der Waals surface area contributed by atoms with Crippen LogP contribution in [0.4, 0.5) is 28.4 Å². The summed E-state index contributed by atoms with van der Waals surface area (Å²) in [4.78, 5) is 20.7. The molecule has 0 fully saturated rings. The van der Waals surface area contributed by atoms with Crippen molar-refractivity contribution in [2.45, 2.75) is 4.90 Å². The molecule has 0 aliphatic carbocycles. The van der Waals surface area contributed by atoms with Crippen LogP contribution in [0.1, 0.15) is 5.56 Å². The van der Waals surface area contributed by atoms with Crippen LogP contribution in [0, 0.1) is 20.2 Å². The lowest BCUT2D eigenvalue weighted by Crippen LogP contribution is -2.15. The van der Waals surface area contributed by atoms with E-state index in [1.54, 1.807) is 25.2 Å². The number of halogens is 1. The highest BCUT2D eigenvalue weighted by Gasteiger charge is 2.23. The van der Waals surface area contributed by atoms with Crippen molar-refractivity contribution in [3.63, 3.8) is 0 Å². The molecule has 0 amide bonds. The number of anilines is 3. The minimum atomic E-state index is -4.32. The summed E-state index contributed by atoms with van der Waals surface area (Å²) in [5, 5.41) is 29.2. The lowest BCUT2D eigenvalue weighted by Gasteiger charge is -2.13. The third kappa shape index (κ3) is 5.57. The van der Waals surface area contributed by atoms with Crippen molar-refractivity contribution in [2.24, 2.45) is 5.10 Å². The summed E-state index contributed by atoms with van der Waals surface area (Å²) >= 11 is 6.02. The smallest absolute Gasteiger partial charge is 0.292 e. The van der Waals surface area contributed by atoms with Gasteiger partial charge in [0, 0.05) is 30.8 Å². The second kappa shape index (κ2) is 10.1. The molecule has 176 valence electrons. The minimum absolute atomic E-state index is 0.0669. The van der Waals surface area contributed by atoms with E-state index >= 15 is 0 Å². The van der Waals surface area contributed by atoms with Crippen LogP contribution >= 0.6 is 11.6 Å². The second-order valence-corrected chi connectivity index (χ2v) is 8.73. The number of nitro groups is 2. The number of hydrogen-bond donors (Lipinski definition) is 3. The largest absolute Gasteiger partial charge is 0.383 e. The number of sulfonamides is 1. The van der Waals surface area contributed by atoms with Gasteiger partial charge in [-0.25, -0.2) is 8.42 Å². The Morgan fingerprint density at radius 2 is 1.65 bits per heavy atom. The molecular formula is C20H17ClN6O6S. The number of nitrogens with zero attached hydrogens (tertiary/aromatic N) is 3. The first-order valence-corrected chi connectivity index (χ1v) is 11.3. The molecule has 0 aliphatic rings. The number of hydrogen-bond acceptors (Lipinski definition) is 9. The van der Waals surface area contributed by atoms with Crippen molar-refractivity contribution < 1.29 is 18.3 Å². The molecule has 0 atom stereocenters. The van der Waals surface area contributed by atoms with Crippen LogP contribution in [0.15, 0.2) is 70.7 Å². The third-order valence-electron chi connectivity index (χ3n) is 4.47. The quantitative estimate of drug-likeness (QED) is 0.218. The standard InChI is InChI=1S/C20H17ClN6O6S/c1-22-17-8-6-13(10-19(17)27(30)31)12-23-24-18-9-7-14(26(28)29)11-20(18)34(32,33)25-16-5-3-2-4-15(16)21/h2-12,22,24-25H,1H3/b23-12+. The zero-order chi connectivity index (χ0) is 24.9. The lowest BCUT2D eigenvalue weighted by atomic mass is 10.2. The number of hydrazone groups is 1. The predicted molar refractivity (Wildman–Crippen MR) is 129 cm³/mol. The molecule has 3 rings (SSSR count). The molecule has 3 aromatic rings. The van der Waals surface area contributed by atoms with Crippen LogP contribution in [0.2, 0.25) is 5.02 Å². The average molecular weight is 505 g/mol. The Hall–Kier alpha value is -4.23. The van der Waals surface area contributed by atoms with Gasteiger partial charge in [-0.1, -0.05) is 29.8 Å². The summed E-state index contributed by atoms with van der Waals surface area (Å²) in [7, 11) is -2.77. The van der Waals surface area contributed by atoms with Gasteiger partial charge in [0.25, 0.3) is 21.4 Å². The highest BCUT2D eigenvalue weighted by atomic mass is 35.5. The van der Waals surface area contributed by atoms with Crippen molar-refractivity contribution in [2.75, 3.05) is 22.5 Å². The summed E-state index contributed by atoms with van der Waals surface area (Å²) in [6.45, 7) is 0. The zero-order valence-electron chi connectivity index (χ0n) is 17.4. The average Bonchev–Trinajstić information content (AvgIpc) is 2.80. The van der Waals surface area contributed by atoms with Gasteiger partial charge in [0.1, 0.15) is 10.6 Å². The van der Waals surface area contributed by atoms with Crippen molar-refractivity contribution in [3.8, 4) is 0 Å². The third-order valence-corrected chi connectivity index (χ3v) is 6.21. The van der Waals surface area contributed by atoms with Crippen molar-refractivity contribution in [3.05, 3.63) is 91.5 Å². The van der Waals surface area contributed by atoms with Gasteiger partial charge >= 0.3 is 0 Å². The van der Waals surface area contributed by atoms with E-state index in [1.807, 2.05) is 0 Å². The fraction of sp³-hybridized carbons (Fsp3) is 0.0500. The number of rotatable bonds is 9. The number of non-ortho nitro benzene ring substituents is 1. The predicted octanol–water partition coefficient (Wildman–Crippen LogP) is 4.44. The molecule has 3 aromatic carbocycles. The monoisotopic (exact) mass is 504 g/mol. The normalized spacial score (nSPS) is 11.2. The van der Waals surface area contributed by atoms with Crippen LogP contribution in [-0.2, 0) is 10.0 Å². The van der Waals surface area contributed by atoms with E-state index in [9.17, 15) is 28.6 Å². The Balaban J connectivity index is 1.95. The maximum absolute atomic E-state index is 13.0. The van der Waals surface area contributed by atoms with Gasteiger partial charge in [-0.15, -0.1) is 0 Å². The fourth-order valence-electron chi connectivity index (χ4n) is 2.85. The van der Waals surface area contributed by atoms with Gasteiger partial charge in [-0.2, -0.15) is 5.10 Å². The molecule has 0 spiro atoms. The van der Waals surface area contributed by atoms with Crippen molar-refractivity contribution in [1.82, 2.24) is 0 Å². The Bertz CT molecular complexity index is 1400. The van der Waals surface area contributed by atoms with E-state index < -0.39 is 30.5 Å². The van der Waals surface area contributed by atoms with E-state index in [0.29, 0.717) is 11.3 Å². The van der Waals surface area contributed by atoms with Gasteiger partial charge in [0.15, 0.2) is 0 Å². The maximum Gasteiger partial charge on any atom is 0.292 e. The number of nitro benzene ring substituents is 2. The molecule has 12 nitrogen and oxygen atoms in total. The summed E-state index contributed by atoms with van der Waals surface area (Å²) in [5.41, 5.74) is 2.59. The molecule has 0 bridgehead atoms. The van der Waals surface area contributed by atoms with Gasteiger partial charge in [-0.05, 0) is 24.3 Å². The van der Waals surface area contributed by atoms with Crippen molar-refractivity contribution >= 4 is 56.3 Å². The number of para-hydroxylation sites is 1. The summed E-state index contributed by atoms with van der Waals surface area (Å²) in [5.74, 6) is 0. The van der Waals surface area contributed by atoms with E-state index in [0.717, 1.165) is 12.1 Å². The molecule has 14 heteroatoms. The highest BCUT2D eigenvalue weighted by Crippen LogP contribution is 2.30. The van der Waals surface area contributed by atoms with Gasteiger partial charge < -0.3 is 5.32 Å². The molecule has 0 saturated carbocycles. The molecule has 34 heavy (non-hydrogen) atoms. The van der Waals surface area contributed by atoms with Gasteiger partial charge in [0.2, 0.25) is 0 Å². The number of benzene rings is 3. The summed E-state index contributed by atoms with van der Waals surface area (Å²) < 4.78 is 28.3. The summed E-state index contributed by atoms with van der Waals surface area (Å²) in [6.07, 6.45) is 1.24. The van der Waals surface area contributed by atoms with Crippen molar-refractivity contribution in [1.29, 1.82) is 0 Å². The van der Waals surface area contributed by atoms with E-state index in [2.05, 4.69) is 20.6 Å². The number of nitrogens with one attached hydrogen (secondary N) is 3. The minimum Gasteiger partial charge on any atom is -0.383 e. The topological polar surface area (TPSA) is 169 Å². The highest BCUT2D eigenvalue weighted by molar-refractivity contribution is 7.93.